The first kappa shape index (κ1) is 29.2. The third-order valence-corrected chi connectivity index (χ3v) is 9.60. The lowest BCUT2D eigenvalue weighted by Gasteiger charge is -2.34. The maximum atomic E-state index is 13.9. The Morgan fingerprint density at radius 1 is 1.18 bits per heavy atom. The van der Waals surface area contributed by atoms with Gasteiger partial charge < -0.3 is 19.4 Å². The second kappa shape index (κ2) is 10.5. The van der Waals surface area contributed by atoms with Gasteiger partial charge in [-0.2, -0.15) is 9.97 Å². The van der Waals surface area contributed by atoms with E-state index in [1.165, 1.54) is 0 Å². The van der Waals surface area contributed by atoms with Crippen molar-refractivity contribution in [3.8, 4) is 0 Å². The van der Waals surface area contributed by atoms with Crippen LogP contribution in [0.1, 0.15) is 79.7 Å². The van der Waals surface area contributed by atoms with Gasteiger partial charge in [-0.1, -0.05) is 0 Å². The van der Waals surface area contributed by atoms with Gasteiger partial charge in [-0.25, -0.2) is 9.55 Å². The lowest BCUT2D eigenvalue weighted by Crippen LogP contribution is -2.35. The second-order valence-corrected chi connectivity index (χ2v) is 14.7. The molecule has 5 rings (SSSR count). The molecular formula is C26H41ClN5O6P. The van der Waals surface area contributed by atoms with Crippen LogP contribution in [0.2, 0.25) is 5.28 Å². The largest absolute Gasteiger partial charge is 0.475 e. The highest BCUT2D eigenvalue weighted by molar-refractivity contribution is 7.48. The monoisotopic (exact) mass is 585 g/mol. The van der Waals surface area contributed by atoms with Crippen LogP contribution in [-0.4, -0.2) is 63.4 Å². The summed E-state index contributed by atoms with van der Waals surface area (Å²) in [5.41, 5.74) is -0.483. The van der Waals surface area contributed by atoms with Gasteiger partial charge >= 0.3 is 7.82 Å². The number of ether oxygens (including phenoxy) is 2. The van der Waals surface area contributed by atoms with Crippen molar-refractivity contribution in [2.24, 2.45) is 11.3 Å². The molecule has 2 aromatic heterocycles. The number of phosphoric acid groups is 1. The summed E-state index contributed by atoms with van der Waals surface area (Å²) in [6, 6.07) is 0.0364. The molecule has 218 valence electrons. The van der Waals surface area contributed by atoms with Crippen molar-refractivity contribution >= 4 is 36.4 Å². The molecule has 2 saturated carbocycles. The Hall–Kier alpha value is -1.33. The Morgan fingerprint density at radius 2 is 1.90 bits per heavy atom. The summed E-state index contributed by atoms with van der Waals surface area (Å²) in [5, 5.41) is 3.20. The van der Waals surface area contributed by atoms with E-state index in [0.29, 0.717) is 30.0 Å². The molecule has 1 saturated heterocycles. The highest BCUT2D eigenvalue weighted by Gasteiger charge is 2.69. The molecule has 0 amide bonds. The normalized spacial score (nSPS) is 29.5. The number of phosphoric ester groups is 1. The molecule has 0 bridgehead atoms. The zero-order valence-corrected chi connectivity index (χ0v) is 25.6. The Bertz CT molecular complexity index is 1220. The van der Waals surface area contributed by atoms with Crippen LogP contribution in [-0.2, 0) is 27.6 Å². The van der Waals surface area contributed by atoms with Crippen molar-refractivity contribution in [1.29, 1.82) is 0 Å². The molecular weight excluding hydrogens is 545 g/mol. The number of aromatic nitrogens is 4. The van der Waals surface area contributed by atoms with Gasteiger partial charge in [-0.15, -0.1) is 0 Å². The molecule has 11 nitrogen and oxygen atoms in total. The summed E-state index contributed by atoms with van der Waals surface area (Å²) in [4.78, 5) is 13.4. The zero-order chi connectivity index (χ0) is 28.2. The van der Waals surface area contributed by atoms with Crippen LogP contribution in [0.5, 0.6) is 0 Å². The van der Waals surface area contributed by atoms with Gasteiger partial charge in [-0.05, 0) is 91.2 Å². The van der Waals surface area contributed by atoms with Crippen molar-refractivity contribution in [3.05, 3.63) is 11.6 Å². The quantitative estimate of drug-likeness (QED) is 0.271. The van der Waals surface area contributed by atoms with Crippen molar-refractivity contribution in [1.82, 2.24) is 19.5 Å². The fraction of sp³-hybridized carbons (Fsp3) is 0.808. The highest BCUT2D eigenvalue weighted by atomic mass is 35.5. The van der Waals surface area contributed by atoms with Gasteiger partial charge in [0.15, 0.2) is 23.3 Å². The van der Waals surface area contributed by atoms with E-state index in [2.05, 4.69) is 24.8 Å². The van der Waals surface area contributed by atoms with Gasteiger partial charge in [0.1, 0.15) is 0 Å². The summed E-state index contributed by atoms with van der Waals surface area (Å²) in [7, 11) is -2.11. The maximum absolute atomic E-state index is 13.9. The molecule has 3 fully saturated rings. The predicted molar refractivity (Wildman–Crippen MR) is 148 cm³/mol. The van der Waals surface area contributed by atoms with Crippen LogP contribution in [0, 0.1) is 11.3 Å². The number of nitrogens with one attached hydrogen (secondary N) is 1. The minimum Gasteiger partial charge on any atom is -0.371 e. The number of imidazole rings is 1. The molecule has 1 aliphatic heterocycles. The van der Waals surface area contributed by atoms with Crippen molar-refractivity contribution in [2.75, 3.05) is 25.6 Å². The lowest BCUT2D eigenvalue weighted by atomic mass is 10.0. The smallest absolute Gasteiger partial charge is 0.371 e. The van der Waals surface area contributed by atoms with Crippen LogP contribution in [0.15, 0.2) is 6.33 Å². The molecule has 13 heteroatoms. The predicted octanol–water partition coefficient (Wildman–Crippen LogP) is 6.14. The molecule has 1 N–H and O–H groups in total. The number of hydrogen-bond donors (Lipinski definition) is 1. The summed E-state index contributed by atoms with van der Waals surface area (Å²) in [5.74, 6) is 0.767. The van der Waals surface area contributed by atoms with Gasteiger partial charge in [0.05, 0.1) is 30.2 Å². The van der Waals surface area contributed by atoms with E-state index >= 15 is 0 Å². The second-order valence-electron chi connectivity index (χ2n) is 12.8. The molecule has 1 unspecified atom stereocenters. The van der Waals surface area contributed by atoms with E-state index in [4.69, 9.17) is 34.6 Å². The van der Waals surface area contributed by atoms with Crippen LogP contribution in [0.25, 0.3) is 11.2 Å². The van der Waals surface area contributed by atoms with E-state index in [1.54, 1.807) is 13.4 Å². The number of hydrogen-bond acceptors (Lipinski definition) is 10. The molecule has 5 atom stereocenters. The topological polar surface area (TPSA) is 119 Å². The molecule has 2 aromatic rings. The van der Waals surface area contributed by atoms with Crippen LogP contribution in [0.3, 0.4) is 0 Å². The van der Waals surface area contributed by atoms with Crippen molar-refractivity contribution in [3.63, 3.8) is 0 Å². The number of fused-ring (bicyclic) bond motifs is 2. The first-order valence-corrected chi connectivity index (χ1v) is 15.6. The average molecular weight is 586 g/mol. The Morgan fingerprint density at radius 3 is 2.51 bits per heavy atom. The van der Waals surface area contributed by atoms with Gasteiger partial charge in [0.2, 0.25) is 5.28 Å². The Balaban J connectivity index is 1.43. The summed E-state index contributed by atoms with van der Waals surface area (Å²) < 4.78 is 46.4. The molecule has 0 radical (unpaired) electrons. The van der Waals surface area contributed by atoms with Gasteiger partial charge in [-0.3, -0.25) is 13.6 Å². The van der Waals surface area contributed by atoms with Crippen molar-refractivity contribution < 1.29 is 27.6 Å². The third-order valence-electron chi connectivity index (χ3n) is 7.44. The average Bonchev–Trinajstić information content (AvgIpc) is 3.29. The molecule has 0 aromatic carbocycles. The minimum absolute atomic E-state index is 0.0364. The number of anilines is 1. The van der Waals surface area contributed by atoms with Crippen molar-refractivity contribution in [2.45, 2.75) is 103 Å². The molecule has 2 aliphatic carbocycles. The van der Waals surface area contributed by atoms with E-state index in [9.17, 15) is 4.57 Å². The Kier molecular flexibility index (Phi) is 7.85. The first-order valence-electron chi connectivity index (χ1n) is 13.7. The third kappa shape index (κ3) is 6.30. The molecule has 39 heavy (non-hydrogen) atoms. The van der Waals surface area contributed by atoms with Crippen LogP contribution in [0.4, 0.5) is 5.82 Å². The molecule has 3 aliphatic rings. The standard InChI is InChI=1S/C26H41ClN5O6P/c1-24(2,3)37-39(33,38-25(4,5)6)35-14-26-13-16(26)17(12-18(26)36-19-10-8-9-11-34-19)32-15-29-20-21(28-7)30-23(27)31-22(20)32/h15-19H,8-14H2,1-7H3,(H,28,30,31)/t16-,17+,18+,19?,26+/m1/s1. The SMILES string of the molecule is CNc1nc(Cl)nc2c1ncn2[C@H]1C[C@H](OC2CCCCO2)[C@]2(COP(=O)(OC(C)(C)C)OC(C)(C)C)C[C@H]12. The van der Waals surface area contributed by atoms with E-state index in [0.717, 1.165) is 25.7 Å². The van der Waals surface area contributed by atoms with Gasteiger partial charge in [0.25, 0.3) is 0 Å². The number of nitrogens with zero attached hydrogens (tertiary/aromatic N) is 4. The van der Waals surface area contributed by atoms with Crippen LogP contribution < -0.4 is 5.32 Å². The lowest BCUT2D eigenvalue weighted by molar-refractivity contribution is -0.202. The molecule has 3 heterocycles. The fourth-order valence-electron chi connectivity index (χ4n) is 5.87. The highest BCUT2D eigenvalue weighted by Crippen LogP contribution is 2.70. The van der Waals surface area contributed by atoms with E-state index in [-0.39, 0.29) is 41.7 Å². The summed E-state index contributed by atoms with van der Waals surface area (Å²) in [6.07, 6.45) is 5.85. The van der Waals surface area contributed by atoms with E-state index in [1.807, 2.05) is 41.5 Å². The van der Waals surface area contributed by atoms with Gasteiger partial charge in [0, 0.05) is 25.1 Å². The van der Waals surface area contributed by atoms with E-state index < -0.39 is 19.0 Å². The summed E-state index contributed by atoms with van der Waals surface area (Å²) in [6.45, 7) is 11.9. The number of rotatable bonds is 9. The fourth-order valence-corrected chi connectivity index (χ4v) is 7.91. The molecule has 0 spiro atoms. The maximum Gasteiger partial charge on any atom is 0.475 e. The first-order chi connectivity index (χ1) is 18.2. The minimum atomic E-state index is -3.89. The van der Waals surface area contributed by atoms with Crippen LogP contribution >= 0.6 is 19.4 Å². The zero-order valence-electron chi connectivity index (χ0n) is 23.9. The Labute approximate surface area is 235 Å². The summed E-state index contributed by atoms with van der Waals surface area (Å²) >= 11 is 6.25. The number of halogens is 1.